The Morgan fingerprint density at radius 2 is 1.48 bits per heavy atom. The molecule has 0 amide bonds. The molecule has 4 bridgehead atoms. The average molecular weight is 609 g/mol. The maximum Gasteiger partial charge on any atom is 0.438 e. The Hall–Kier alpha value is -2.10. The maximum atomic E-state index is 13.7. The van der Waals surface area contributed by atoms with Crippen molar-refractivity contribution in [1.29, 1.82) is 0 Å². The van der Waals surface area contributed by atoms with Crippen LogP contribution in [0, 0.1) is 40.9 Å². The van der Waals surface area contributed by atoms with Crippen molar-refractivity contribution in [2.24, 2.45) is 40.9 Å². The molecule has 1 N–H and O–H groups in total. The van der Waals surface area contributed by atoms with Gasteiger partial charge in [0.1, 0.15) is 5.75 Å². The number of rotatable bonds is 8. The molecule has 5 fully saturated rings. The van der Waals surface area contributed by atoms with Gasteiger partial charge in [-0.15, -0.1) is 0 Å². The first-order valence-electron chi connectivity index (χ1n) is 12.9. The summed E-state index contributed by atoms with van der Waals surface area (Å²) < 4.78 is 128. The molecule has 9 nitrogen and oxygen atoms in total. The molecule has 4 aliphatic carbocycles. The molecule has 5 rings (SSSR count). The molecule has 1 aliphatic heterocycles. The van der Waals surface area contributed by atoms with Gasteiger partial charge in [0, 0.05) is 0 Å². The zero-order valence-corrected chi connectivity index (χ0v) is 22.4. The predicted octanol–water partition coefficient (Wildman–Crippen LogP) is 4.20. The lowest BCUT2D eigenvalue weighted by molar-refractivity contribution is -0.362. The highest BCUT2D eigenvalue weighted by Gasteiger charge is 2.76. The first kappa shape index (κ1) is 30.8. The van der Waals surface area contributed by atoms with Crippen molar-refractivity contribution >= 4 is 28.0 Å². The van der Waals surface area contributed by atoms with Crippen LogP contribution in [0.3, 0.4) is 0 Å². The topological polar surface area (TPSA) is 133 Å². The molecule has 16 heteroatoms. The molecule has 1 heterocycles. The van der Waals surface area contributed by atoms with E-state index in [-0.39, 0.29) is 6.42 Å². The van der Waals surface area contributed by atoms with Crippen LogP contribution in [0.2, 0.25) is 0 Å². The Morgan fingerprint density at radius 3 is 1.88 bits per heavy atom. The van der Waals surface area contributed by atoms with Crippen molar-refractivity contribution in [3.8, 4) is 0 Å². The Kier molecular flexibility index (Phi) is 7.73. The van der Waals surface area contributed by atoms with E-state index < -0.39 is 81.2 Å². The van der Waals surface area contributed by atoms with Gasteiger partial charge in [-0.2, -0.15) is 34.8 Å². The second-order valence-corrected chi connectivity index (χ2v) is 13.6. The molecule has 0 aromatic carbocycles. The van der Waals surface area contributed by atoms with E-state index >= 15 is 0 Å². The summed E-state index contributed by atoms with van der Waals surface area (Å²) in [5, 5.41) is 0. The van der Waals surface area contributed by atoms with E-state index in [1.54, 1.807) is 13.8 Å². The van der Waals surface area contributed by atoms with E-state index in [0.29, 0.717) is 37.0 Å². The fourth-order valence-electron chi connectivity index (χ4n) is 7.33. The lowest BCUT2D eigenvalue weighted by Crippen LogP contribution is -2.64. The average Bonchev–Trinajstić information content (AvgIpc) is 3.03. The molecule has 0 aromatic heterocycles. The van der Waals surface area contributed by atoms with Gasteiger partial charge < -0.3 is 14.2 Å². The first-order valence-corrected chi connectivity index (χ1v) is 14.5. The summed E-state index contributed by atoms with van der Waals surface area (Å²) in [6, 6.07) is 0. The van der Waals surface area contributed by atoms with Gasteiger partial charge in [-0.05, 0) is 68.6 Å². The number of carbonyl (C=O) groups is 3. The molecule has 0 spiro atoms. The molecule has 1 saturated heterocycles. The Balaban J connectivity index is 1.61. The van der Waals surface area contributed by atoms with Gasteiger partial charge in [-0.1, -0.05) is 13.8 Å². The Bertz CT molecular complexity index is 1100. The van der Waals surface area contributed by atoms with E-state index in [0.717, 1.165) is 19.3 Å². The van der Waals surface area contributed by atoms with Crippen LogP contribution in [-0.4, -0.2) is 60.9 Å². The third-order valence-corrected chi connectivity index (χ3v) is 9.30. The van der Waals surface area contributed by atoms with Crippen LogP contribution in [-0.2, 0) is 38.7 Å². The third-order valence-electron chi connectivity index (χ3n) is 8.53. The zero-order valence-electron chi connectivity index (χ0n) is 21.6. The molecule has 228 valence electrons. The highest BCUT2D eigenvalue weighted by molar-refractivity contribution is 7.85. The van der Waals surface area contributed by atoms with Crippen LogP contribution in [0.25, 0.3) is 0 Å². The van der Waals surface area contributed by atoms with Crippen molar-refractivity contribution in [3.63, 3.8) is 0 Å². The lowest BCUT2D eigenvalue weighted by Gasteiger charge is -2.55. The number of esters is 3. The standard InChI is InChI=1S/C24H30F6O9S/c1-11(2)3-15-16(18(32)39-22(23(25,26)27,24(28,29)30)10-40(34,35)36)17(31)37-19(15)38-20(33)21-7-12-4-13(8-21)6-14(5-12)9-21/h11-16,19H,3-10H2,1-2H3,(H,34,35,36)/t12?,13?,14?,15?,16-,19+,21?/m1/s1. The monoisotopic (exact) mass is 608 g/mol. The molecule has 3 atom stereocenters. The highest BCUT2D eigenvalue weighted by atomic mass is 32.2. The number of cyclic esters (lactones) is 1. The number of alkyl halides is 6. The first-order chi connectivity index (χ1) is 18.2. The number of ether oxygens (including phenoxy) is 3. The summed E-state index contributed by atoms with van der Waals surface area (Å²) in [5.41, 5.74) is -6.53. The number of hydrogen-bond donors (Lipinski definition) is 1. The Labute approximate surface area is 226 Å². The van der Waals surface area contributed by atoms with Crippen LogP contribution >= 0.6 is 0 Å². The fraction of sp³-hybridized carbons (Fsp3) is 0.875. The second-order valence-electron chi connectivity index (χ2n) is 12.1. The van der Waals surface area contributed by atoms with Crippen LogP contribution in [0.4, 0.5) is 26.3 Å². The summed E-state index contributed by atoms with van der Waals surface area (Å²) in [4.78, 5) is 38.9. The van der Waals surface area contributed by atoms with Crippen molar-refractivity contribution in [3.05, 3.63) is 0 Å². The van der Waals surface area contributed by atoms with E-state index in [9.17, 15) is 49.1 Å². The van der Waals surface area contributed by atoms with Crippen LogP contribution in [0.1, 0.15) is 58.8 Å². The maximum absolute atomic E-state index is 13.7. The molecule has 1 unspecified atom stereocenters. The van der Waals surface area contributed by atoms with E-state index in [1.807, 2.05) is 0 Å². The van der Waals surface area contributed by atoms with Gasteiger partial charge >= 0.3 is 35.9 Å². The van der Waals surface area contributed by atoms with Crippen molar-refractivity contribution < 1.29 is 67.9 Å². The summed E-state index contributed by atoms with van der Waals surface area (Å²) in [6.45, 7) is 3.16. The van der Waals surface area contributed by atoms with Crippen LogP contribution < -0.4 is 0 Å². The van der Waals surface area contributed by atoms with Gasteiger partial charge in [0.2, 0.25) is 0 Å². The van der Waals surface area contributed by atoms with E-state index in [2.05, 4.69) is 4.74 Å². The minimum Gasteiger partial charge on any atom is -0.437 e. The smallest absolute Gasteiger partial charge is 0.437 e. The summed E-state index contributed by atoms with van der Waals surface area (Å²) in [7, 11) is -6.01. The number of hydrogen-bond acceptors (Lipinski definition) is 8. The van der Waals surface area contributed by atoms with E-state index in [1.165, 1.54) is 0 Å². The second kappa shape index (κ2) is 10.0. The Morgan fingerprint density at radius 1 is 1.00 bits per heavy atom. The number of halogens is 6. The molecular formula is C24H30F6O9S. The quantitative estimate of drug-likeness (QED) is 0.186. The normalized spacial score (nSPS) is 34.2. The summed E-state index contributed by atoms with van der Waals surface area (Å²) in [5.74, 6) is -11.1. The molecule has 4 saturated carbocycles. The predicted molar refractivity (Wildman–Crippen MR) is 120 cm³/mol. The van der Waals surface area contributed by atoms with Crippen molar-refractivity contribution in [2.45, 2.75) is 83.0 Å². The van der Waals surface area contributed by atoms with Gasteiger partial charge in [-0.25, -0.2) is 0 Å². The fourth-order valence-corrected chi connectivity index (χ4v) is 8.23. The largest absolute Gasteiger partial charge is 0.438 e. The molecular weight excluding hydrogens is 578 g/mol. The zero-order chi connectivity index (χ0) is 30.1. The van der Waals surface area contributed by atoms with Crippen molar-refractivity contribution in [1.82, 2.24) is 0 Å². The highest BCUT2D eigenvalue weighted by Crippen LogP contribution is 2.60. The molecule has 0 radical (unpaired) electrons. The van der Waals surface area contributed by atoms with Crippen molar-refractivity contribution in [2.75, 3.05) is 5.75 Å². The van der Waals surface area contributed by atoms with Crippen LogP contribution in [0.5, 0.6) is 0 Å². The molecule has 5 aliphatic rings. The SMILES string of the molecule is CC(C)CC1[C@H](OC(=O)C23CC4CC(CC(C4)C2)C3)OC(=O)[C@@H]1C(=O)OC(CS(=O)(=O)O)(C(F)(F)F)C(F)(F)F. The summed E-state index contributed by atoms with van der Waals surface area (Å²) in [6.07, 6.45) is -10.5. The lowest BCUT2D eigenvalue weighted by atomic mass is 9.49. The van der Waals surface area contributed by atoms with Gasteiger partial charge in [0.25, 0.3) is 16.4 Å². The van der Waals surface area contributed by atoms with Crippen LogP contribution in [0.15, 0.2) is 0 Å². The van der Waals surface area contributed by atoms with Gasteiger partial charge in [-0.3, -0.25) is 18.9 Å². The molecule has 0 aromatic rings. The summed E-state index contributed by atoms with van der Waals surface area (Å²) >= 11 is 0. The minimum atomic E-state index is -6.56. The molecule has 40 heavy (non-hydrogen) atoms. The number of carbonyl (C=O) groups excluding carboxylic acids is 3. The third kappa shape index (κ3) is 5.66. The minimum absolute atomic E-state index is 0.201. The van der Waals surface area contributed by atoms with Gasteiger partial charge in [0.05, 0.1) is 11.3 Å². The van der Waals surface area contributed by atoms with Gasteiger partial charge in [0.15, 0.2) is 5.92 Å². The van der Waals surface area contributed by atoms with E-state index in [4.69, 9.17) is 14.0 Å².